The molecule has 0 aromatic heterocycles. The van der Waals surface area contributed by atoms with Gasteiger partial charge in [0.1, 0.15) is 0 Å². The van der Waals surface area contributed by atoms with Crippen LogP contribution in [0.3, 0.4) is 0 Å². The SMILES string of the molecule is O=[N+]([O-])c1cccc(OC(F)C(F)(F)F)c1[N+](=O)[O-]. The van der Waals surface area contributed by atoms with E-state index in [0.29, 0.717) is 12.1 Å². The molecule has 19 heavy (non-hydrogen) atoms. The number of nitrogens with zero attached hydrogens (tertiary/aromatic N) is 2. The first-order chi connectivity index (χ1) is 8.64. The number of nitro benzene ring substituents is 2. The molecule has 0 N–H and O–H groups in total. The zero-order valence-electron chi connectivity index (χ0n) is 8.76. The average Bonchev–Trinajstić information content (AvgIpc) is 2.26. The topological polar surface area (TPSA) is 95.5 Å². The first kappa shape index (κ1) is 14.6. The molecule has 1 aromatic carbocycles. The fourth-order valence-corrected chi connectivity index (χ4v) is 1.11. The predicted octanol–water partition coefficient (Wildman–Crippen LogP) is 2.74. The maximum atomic E-state index is 12.6. The number of halogens is 4. The van der Waals surface area contributed by atoms with Crippen LogP contribution in [0.25, 0.3) is 0 Å². The Balaban J connectivity index is 3.25. The Morgan fingerprint density at radius 3 is 2.16 bits per heavy atom. The van der Waals surface area contributed by atoms with E-state index in [4.69, 9.17) is 0 Å². The van der Waals surface area contributed by atoms with Crippen LogP contribution in [0.5, 0.6) is 5.75 Å². The Labute approximate surface area is 101 Å². The van der Waals surface area contributed by atoms with Gasteiger partial charge in [0.2, 0.25) is 5.75 Å². The summed E-state index contributed by atoms with van der Waals surface area (Å²) in [6, 6.07) is 2.15. The highest BCUT2D eigenvalue weighted by atomic mass is 19.4. The standard InChI is InChI=1S/C8H4F4N2O5/c9-7(8(10,11)12)19-5-3-1-2-4(13(15)16)6(5)14(17)18/h1-3,7H. The number of alkyl halides is 4. The van der Waals surface area contributed by atoms with E-state index >= 15 is 0 Å². The normalized spacial score (nSPS) is 12.8. The molecule has 0 radical (unpaired) electrons. The van der Waals surface area contributed by atoms with Crippen molar-refractivity contribution in [1.82, 2.24) is 0 Å². The number of benzene rings is 1. The van der Waals surface area contributed by atoms with Crippen LogP contribution in [0.1, 0.15) is 0 Å². The summed E-state index contributed by atoms with van der Waals surface area (Å²) in [5.41, 5.74) is -2.45. The lowest BCUT2D eigenvalue weighted by Gasteiger charge is -2.13. The van der Waals surface area contributed by atoms with Crippen molar-refractivity contribution in [2.45, 2.75) is 12.5 Å². The summed E-state index contributed by atoms with van der Waals surface area (Å²) in [4.78, 5) is 18.6. The van der Waals surface area contributed by atoms with Gasteiger partial charge in [0, 0.05) is 6.07 Å². The van der Waals surface area contributed by atoms with E-state index in [1.165, 1.54) is 0 Å². The Bertz CT molecular complexity index is 518. The van der Waals surface area contributed by atoms with Crippen molar-refractivity contribution in [1.29, 1.82) is 0 Å². The number of ether oxygens (including phenoxy) is 1. The van der Waals surface area contributed by atoms with Gasteiger partial charge in [0.15, 0.2) is 0 Å². The molecule has 0 spiro atoms. The van der Waals surface area contributed by atoms with Crippen LogP contribution in [0.2, 0.25) is 0 Å². The van der Waals surface area contributed by atoms with Gasteiger partial charge < -0.3 is 4.74 Å². The summed E-state index contributed by atoms with van der Waals surface area (Å²) in [5.74, 6) is -1.18. The fourth-order valence-electron chi connectivity index (χ4n) is 1.11. The lowest BCUT2D eigenvalue weighted by molar-refractivity contribution is -0.423. The number of hydrogen-bond acceptors (Lipinski definition) is 5. The molecule has 11 heteroatoms. The lowest BCUT2D eigenvalue weighted by atomic mass is 10.2. The van der Waals surface area contributed by atoms with Crippen LogP contribution in [-0.4, -0.2) is 22.4 Å². The molecule has 0 aliphatic heterocycles. The van der Waals surface area contributed by atoms with Gasteiger partial charge in [-0.05, 0) is 6.07 Å². The number of rotatable bonds is 4. The van der Waals surface area contributed by atoms with Crippen molar-refractivity contribution >= 4 is 11.4 Å². The number of para-hydroxylation sites is 1. The largest absolute Gasteiger partial charge is 0.457 e. The van der Waals surface area contributed by atoms with E-state index in [-0.39, 0.29) is 0 Å². The molecule has 0 bridgehead atoms. The van der Waals surface area contributed by atoms with Gasteiger partial charge in [-0.1, -0.05) is 6.07 Å². The molecule has 0 fully saturated rings. The van der Waals surface area contributed by atoms with Gasteiger partial charge in [-0.2, -0.15) is 17.6 Å². The summed E-state index contributed by atoms with van der Waals surface area (Å²) in [5, 5.41) is 21.1. The van der Waals surface area contributed by atoms with Gasteiger partial charge in [-0.3, -0.25) is 20.2 Å². The molecule has 1 unspecified atom stereocenters. The van der Waals surface area contributed by atoms with Crippen LogP contribution in [-0.2, 0) is 0 Å². The van der Waals surface area contributed by atoms with Crippen LogP contribution in [0.4, 0.5) is 28.9 Å². The maximum Gasteiger partial charge on any atom is 0.457 e. The molecule has 1 aromatic rings. The van der Waals surface area contributed by atoms with Crippen LogP contribution < -0.4 is 4.74 Å². The quantitative estimate of drug-likeness (QED) is 0.481. The van der Waals surface area contributed by atoms with Crippen molar-refractivity contribution in [3.05, 3.63) is 38.4 Å². The van der Waals surface area contributed by atoms with Gasteiger partial charge in [-0.25, -0.2) is 0 Å². The third-order valence-electron chi connectivity index (χ3n) is 1.84. The predicted molar refractivity (Wildman–Crippen MR) is 51.3 cm³/mol. The molecule has 1 atom stereocenters. The van der Waals surface area contributed by atoms with Gasteiger partial charge in [0.05, 0.1) is 9.85 Å². The molecule has 0 saturated heterocycles. The molecule has 0 aliphatic rings. The smallest absolute Gasteiger partial charge is 0.444 e. The van der Waals surface area contributed by atoms with E-state index in [0.717, 1.165) is 6.07 Å². The van der Waals surface area contributed by atoms with Crippen molar-refractivity contribution < 1.29 is 32.1 Å². The fraction of sp³-hybridized carbons (Fsp3) is 0.250. The highest BCUT2D eigenvalue weighted by Gasteiger charge is 2.44. The summed E-state index contributed by atoms with van der Waals surface area (Å²) >= 11 is 0. The van der Waals surface area contributed by atoms with E-state index in [9.17, 15) is 37.8 Å². The van der Waals surface area contributed by atoms with E-state index < -0.39 is 39.5 Å². The average molecular weight is 284 g/mol. The summed E-state index contributed by atoms with van der Waals surface area (Å²) in [7, 11) is 0. The third kappa shape index (κ3) is 3.26. The van der Waals surface area contributed by atoms with Crippen LogP contribution >= 0.6 is 0 Å². The Kier molecular flexibility index (Phi) is 3.87. The summed E-state index contributed by atoms with van der Waals surface area (Å²) in [6.45, 7) is 0. The Morgan fingerprint density at radius 1 is 1.16 bits per heavy atom. The second-order valence-corrected chi connectivity index (χ2v) is 3.11. The van der Waals surface area contributed by atoms with E-state index in [1.807, 2.05) is 0 Å². The highest BCUT2D eigenvalue weighted by Crippen LogP contribution is 2.38. The Hall–Kier alpha value is -2.46. The monoisotopic (exact) mass is 284 g/mol. The molecule has 1 rings (SSSR count). The summed E-state index contributed by atoms with van der Waals surface area (Å²) < 4.78 is 52.1. The van der Waals surface area contributed by atoms with Gasteiger partial charge in [0.25, 0.3) is 0 Å². The zero-order chi connectivity index (χ0) is 14.8. The first-order valence-electron chi connectivity index (χ1n) is 4.44. The third-order valence-corrected chi connectivity index (χ3v) is 1.84. The number of hydrogen-bond donors (Lipinski definition) is 0. The molecule has 0 saturated carbocycles. The van der Waals surface area contributed by atoms with Crippen molar-refractivity contribution in [2.24, 2.45) is 0 Å². The molecule has 0 amide bonds. The molecule has 0 aliphatic carbocycles. The minimum absolute atomic E-state index is 0.628. The second-order valence-electron chi connectivity index (χ2n) is 3.11. The Morgan fingerprint density at radius 2 is 1.74 bits per heavy atom. The number of nitro groups is 2. The molecule has 104 valence electrons. The lowest BCUT2D eigenvalue weighted by Crippen LogP contribution is -2.30. The van der Waals surface area contributed by atoms with Gasteiger partial charge in [-0.15, -0.1) is 0 Å². The van der Waals surface area contributed by atoms with Crippen molar-refractivity contribution in [3.63, 3.8) is 0 Å². The maximum absolute atomic E-state index is 12.6. The zero-order valence-corrected chi connectivity index (χ0v) is 8.76. The first-order valence-corrected chi connectivity index (χ1v) is 4.44. The van der Waals surface area contributed by atoms with Crippen molar-refractivity contribution in [2.75, 3.05) is 0 Å². The molecular weight excluding hydrogens is 280 g/mol. The van der Waals surface area contributed by atoms with E-state index in [2.05, 4.69) is 4.74 Å². The summed E-state index contributed by atoms with van der Waals surface area (Å²) in [6.07, 6.45) is -9.23. The van der Waals surface area contributed by atoms with Crippen LogP contribution in [0, 0.1) is 20.2 Å². The van der Waals surface area contributed by atoms with Crippen molar-refractivity contribution in [3.8, 4) is 5.75 Å². The minimum atomic E-state index is -5.40. The molecule has 0 heterocycles. The minimum Gasteiger partial charge on any atom is -0.444 e. The van der Waals surface area contributed by atoms with E-state index in [1.54, 1.807) is 0 Å². The van der Waals surface area contributed by atoms with Gasteiger partial charge >= 0.3 is 23.9 Å². The molecule has 7 nitrogen and oxygen atoms in total. The van der Waals surface area contributed by atoms with Crippen LogP contribution in [0.15, 0.2) is 18.2 Å². The highest BCUT2D eigenvalue weighted by molar-refractivity contribution is 5.61. The second kappa shape index (κ2) is 5.04. The molecular formula is C8H4F4N2O5.